The average molecular weight is 1020 g/mol. The van der Waals surface area contributed by atoms with Gasteiger partial charge in [0.25, 0.3) is 0 Å². The van der Waals surface area contributed by atoms with Crippen LogP contribution < -0.4 is 5.11 Å². The van der Waals surface area contributed by atoms with Crippen LogP contribution in [0.25, 0.3) is 0 Å². The second-order valence-corrected chi connectivity index (χ2v) is 20.5. The molecule has 0 bridgehead atoms. The van der Waals surface area contributed by atoms with E-state index in [1.807, 2.05) is 21.1 Å². The smallest absolute Gasteiger partial charge is 0.306 e. The van der Waals surface area contributed by atoms with Gasteiger partial charge in [-0.25, -0.2) is 0 Å². The first-order valence-electron chi connectivity index (χ1n) is 29.4. The molecule has 0 radical (unpaired) electrons. The molecule has 0 fully saturated rings. The van der Waals surface area contributed by atoms with E-state index >= 15 is 0 Å². The molecule has 2 unspecified atom stereocenters. The van der Waals surface area contributed by atoms with Gasteiger partial charge >= 0.3 is 11.9 Å². The third-order valence-corrected chi connectivity index (χ3v) is 12.3. The molecule has 0 amide bonds. The van der Waals surface area contributed by atoms with E-state index in [4.69, 9.17) is 18.9 Å². The first kappa shape index (κ1) is 69.2. The number of rotatable bonds is 53. The number of aliphatic carboxylic acids is 1. The van der Waals surface area contributed by atoms with Crippen LogP contribution in [-0.4, -0.2) is 82.3 Å². The van der Waals surface area contributed by atoms with E-state index in [0.29, 0.717) is 17.4 Å². The van der Waals surface area contributed by atoms with E-state index in [1.54, 1.807) is 0 Å². The van der Waals surface area contributed by atoms with Crippen molar-refractivity contribution in [3.05, 3.63) is 97.2 Å². The first-order chi connectivity index (χ1) is 35.6. The molecule has 0 aliphatic carbocycles. The van der Waals surface area contributed by atoms with Gasteiger partial charge in [0.05, 0.1) is 40.3 Å². The van der Waals surface area contributed by atoms with Crippen molar-refractivity contribution in [2.24, 2.45) is 0 Å². The molecular weight excluding hydrogens is 911 g/mol. The number of carbonyl (C=O) groups is 3. The predicted molar refractivity (Wildman–Crippen MR) is 306 cm³/mol. The summed E-state index contributed by atoms with van der Waals surface area (Å²) in [7, 11) is 5.91. The van der Waals surface area contributed by atoms with Crippen molar-refractivity contribution >= 4 is 17.9 Å². The SMILES string of the molecule is CC/C=C\C/C=C\C/C=C\C/C=C\C/C=C\C/C=C\CCCCCCCCC(=O)OC(COC(=O)CCCCCCCCCCCCC/C=C\C/C=C\CCCCCCC)COC(OCC[N+](C)(C)C)C(=O)[O-]. The lowest BCUT2D eigenvalue weighted by Gasteiger charge is -2.26. The molecule has 418 valence electrons. The maximum atomic E-state index is 12.9. The standard InChI is InChI=1S/C64H109NO8/c1-6-8-10-12-14-16-18-20-22-24-26-28-30-31-33-35-37-39-41-43-45-47-49-51-53-55-62(67)73-60(59-72-64(63(68)69)70-57-56-65(3,4)5)58-71-61(66)54-52-50-48-46-44-42-40-38-36-34-32-29-27-25-23-21-19-17-15-13-11-9-7-2/h8,10,14,16,19-22,25-28,31,33,37,39,60,64H,6-7,9,11-13,15,17-18,23-24,29-30,32,34-36,38,40-59H2,1-5H3/b10-8-,16-14-,21-19-,22-20-,27-25-,28-26-,33-31-,39-37-. The van der Waals surface area contributed by atoms with Crippen molar-refractivity contribution in [2.75, 3.05) is 47.5 Å². The molecule has 73 heavy (non-hydrogen) atoms. The van der Waals surface area contributed by atoms with Crippen molar-refractivity contribution in [3.8, 4) is 0 Å². The number of likely N-dealkylation sites (N-methyl/N-ethyl adjacent to an activating group) is 1. The third kappa shape index (κ3) is 55.8. The molecule has 9 heteroatoms. The Morgan fingerprint density at radius 1 is 0.425 bits per heavy atom. The number of unbranched alkanes of at least 4 members (excludes halogenated alkanes) is 22. The molecular formula is C64H109NO8. The number of hydrogen-bond donors (Lipinski definition) is 0. The molecule has 0 rings (SSSR count). The summed E-state index contributed by atoms with van der Waals surface area (Å²) < 4.78 is 22.7. The third-order valence-electron chi connectivity index (χ3n) is 12.3. The lowest BCUT2D eigenvalue weighted by molar-refractivity contribution is -0.870. The topological polar surface area (TPSA) is 111 Å². The Morgan fingerprint density at radius 3 is 1.16 bits per heavy atom. The summed E-state index contributed by atoms with van der Waals surface area (Å²) in [6.07, 6.45) is 70.2. The van der Waals surface area contributed by atoms with Crippen molar-refractivity contribution in [1.29, 1.82) is 0 Å². The van der Waals surface area contributed by atoms with Crippen molar-refractivity contribution in [2.45, 2.75) is 245 Å². The van der Waals surface area contributed by atoms with Crippen molar-refractivity contribution in [1.82, 2.24) is 0 Å². The number of esters is 2. The number of hydrogen-bond acceptors (Lipinski definition) is 8. The van der Waals surface area contributed by atoms with Gasteiger partial charge in [-0.15, -0.1) is 0 Å². The highest BCUT2D eigenvalue weighted by molar-refractivity contribution is 5.70. The normalized spacial score (nSPS) is 13.5. The Balaban J connectivity index is 4.31. The maximum absolute atomic E-state index is 12.9. The quantitative estimate of drug-likeness (QED) is 0.0195. The van der Waals surface area contributed by atoms with Crippen LogP contribution in [0, 0.1) is 0 Å². The molecule has 9 nitrogen and oxygen atoms in total. The van der Waals surface area contributed by atoms with E-state index in [0.717, 1.165) is 103 Å². The number of quaternary nitrogens is 1. The molecule has 0 aliphatic rings. The van der Waals surface area contributed by atoms with Crippen LogP contribution in [0.15, 0.2) is 97.2 Å². The van der Waals surface area contributed by atoms with E-state index in [-0.39, 0.29) is 38.6 Å². The number of carbonyl (C=O) groups excluding carboxylic acids is 3. The minimum Gasteiger partial charge on any atom is -0.545 e. The summed E-state index contributed by atoms with van der Waals surface area (Å²) in [5.41, 5.74) is 0. The summed E-state index contributed by atoms with van der Waals surface area (Å²) in [6.45, 7) is 4.60. The fourth-order valence-corrected chi connectivity index (χ4v) is 7.80. The van der Waals surface area contributed by atoms with Gasteiger partial charge in [0.2, 0.25) is 0 Å². The van der Waals surface area contributed by atoms with Gasteiger partial charge in [0.15, 0.2) is 12.4 Å². The van der Waals surface area contributed by atoms with Crippen LogP contribution >= 0.6 is 0 Å². The molecule has 0 saturated carbocycles. The van der Waals surface area contributed by atoms with E-state index in [2.05, 4.69) is 111 Å². The zero-order chi connectivity index (χ0) is 53.4. The summed E-state index contributed by atoms with van der Waals surface area (Å²) in [4.78, 5) is 37.3. The molecule has 0 heterocycles. The molecule has 0 aliphatic heterocycles. The zero-order valence-electron chi connectivity index (χ0n) is 47.5. The first-order valence-corrected chi connectivity index (χ1v) is 29.4. The highest BCUT2D eigenvalue weighted by atomic mass is 16.7. The molecule has 2 atom stereocenters. The van der Waals surface area contributed by atoms with Crippen molar-refractivity contribution in [3.63, 3.8) is 0 Å². The highest BCUT2D eigenvalue weighted by Crippen LogP contribution is 2.15. The molecule has 0 N–H and O–H groups in total. The van der Waals surface area contributed by atoms with E-state index in [1.165, 1.54) is 96.3 Å². The predicted octanol–water partition coefficient (Wildman–Crippen LogP) is 16.0. The van der Waals surface area contributed by atoms with Crippen LogP contribution in [0.4, 0.5) is 0 Å². The lowest BCUT2D eigenvalue weighted by Crippen LogP contribution is -2.44. The van der Waals surface area contributed by atoms with Gasteiger partial charge in [-0.3, -0.25) is 9.59 Å². The average Bonchev–Trinajstić information content (AvgIpc) is 3.36. The Morgan fingerprint density at radius 2 is 0.781 bits per heavy atom. The number of allylic oxidation sites excluding steroid dienone is 16. The fourth-order valence-electron chi connectivity index (χ4n) is 7.80. The van der Waals surface area contributed by atoms with Gasteiger partial charge in [-0.05, 0) is 96.3 Å². The number of nitrogens with zero attached hydrogens (tertiary/aromatic N) is 1. The maximum Gasteiger partial charge on any atom is 0.306 e. The van der Waals surface area contributed by atoms with Gasteiger partial charge in [0, 0.05) is 12.8 Å². The summed E-state index contributed by atoms with van der Waals surface area (Å²) in [5.74, 6) is -2.31. The monoisotopic (exact) mass is 1020 g/mol. The molecule has 0 spiro atoms. The number of carboxylic acids is 1. The summed E-state index contributed by atoms with van der Waals surface area (Å²) in [6, 6.07) is 0. The van der Waals surface area contributed by atoms with E-state index < -0.39 is 24.3 Å². The van der Waals surface area contributed by atoms with Crippen molar-refractivity contribution < 1.29 is 42.9 Å². The lowest BCUT2D eigenvalue weighted by atomic mass is 10.0. The van der Waals surface area contributed by atoms with Gasteiger partial charge < -0.3 is 33.3 Å². The van der Waals surface area contributed by atoms with Gasteiger partial charge in [-0.1, -0.05) is 220 Å². The Hall–Kier alpha value is -3.79. The summed E-state index contributed by atoms with van der Waals surface area (Å²) in [5, 5.41) is 11.8. The number of carboxylic acid groups (broad SMARTS) is 1. The molecule has 0 saturated heterocycles. The zero-order valence-corrected chi connectivity index (χ0v) is 47.5. The molecule has 0 aromatic rings. The second kappa shape index (κ2) is 54.5. The Kier molecular flexibility index (Phi) is 51.6. The van der Waals surface area contributed by atoms with Gasteiger partial charge in [-0.2, -0.15) is 0 Å². The van der Waals surface area contributed by atoms with Crippen LogP contribution in [0.1, 0.15) is 232 Å². The van der Waals surface area contributed by atoms with Crippen LogP contribution in [0.2, 0.25) is 0 Å². The fraction of sp³-hybridized carbons (Fsp3) is 0.703. The minimum atomic E-state index is -1.63. The van der Waals surface area contributed by atoms with Crippen LogP contribution in [0.3, 0.4) is 0 Å². The Bertz CT molecular complexity index is 1520. The number of ether oxygens (including phenoxy) is 4. The minimum absolute atomic E-state index is 0.139. The van der Waals surface area contributed by atoms with E-state index in [9.17, 15) is 19.5 Å². The van der Waals surface area contributed by atoms with Gasteiger partial charge in [0.1, 0.15) is 13.2 Å². The van der Waals surface area contributed by atoms with Crippen LogP contribution in [0.5, 0.6) is 0 Å². The molecule has 0 aromatic carbocycles. The Labute approximate surface area is 448 Å². The van der Waals surface area contributed by atoms with Crippen LogP contribution in [-0.2, 0) is 33.3 Å². The second-order valence-electron chi connectivity index (χ2n) is 20.5. The molecule has 0 aromatic heterocycles. The highest BCUT2D eigenvalue weighted by Gasteiger charge is 2.22. The summed E-state index contributed by atoms with van der Waals surface area (Å²) >= 11 is 0. The largest absolute Gasteiger partial charge is 0.545 e.